The number of nitrogens with one attached hydrogen (secondary N) is 2. The highest BCUT2D eigenvalue weighted by Gasteiger charge is 2.13. The van der Waals surface area contributed by atoms with Gasteiger partial charge in [-0.05, 0) is 74.2 Å². The number of benzene rings is 2. The zero-order chi connectivity index (χ0) is 20.2. The lowest BCUT2D eigenvalue weighted by Crippen LogP contribution is -2.18. The van der Waals surface area contributed by atoms with Crippen LogP contribution >= 0.6 is 0 Å². The first kappa shape index (κ1) is 18.9. The molecule has 1 aliphatic rings. The Morgan fingerprint density at radius 1 is 1.00 bits per heavy atom. The van der Waals surface area contributed by atoms with E-state index in [1.54, 1.807) is 12.3 Å². The zero-order valence-electron chi connectivity index (χ0n) is 16.8. The summed E-state index contributed by atoms with van der Waals surface area (Å²) >= 11 is 0. The molecule has 1 fully saturated rings. The van der Waals surface area contributed by atoms with Gasteiger partial charge in [0.1, 0.15) is 5.69 Å². The van der Waals surface area contributed by atoms with Crippen molar-refractivity contribution in [2.75, 3.05) is 28.6 Å². The number of amides is 1. The van der Waals surface area contributed by atoms with Gasteiger partial charge in [-0.15, -0.1) is 0 Å². The molecule has 29 heavy (non-hydrogen) atoms. The maximum atomic E-state index is 12.6. The lowest BCUT2D eigenvalue weighted by molar-refractivity contribution is 0.102. The van der Waals surface area contributed by atoms with Crippen molar-refractivity contribution >= 4 is 28.9 Å². The summed E-state index contributed by atoms with van der Waals surface area (Å²) < 4.78 is 0. The van der Waals surface area contributed by atoms with Crippen molar-refractivity contribution in [3.63, 3.8) is 0 Å². The van der Waals surface area contributed by atoms with Gasteiger partial charge in [0.25, 0.3) is 5.91 Å². The van der Waals surface area contributed by atoms with Crippen LogP contribution in [-0.2, 0) is 0 Å². The number of hydrogen-bond acceptors (Lipinski definition) is 5. The summed E-state index contributed by atoms with van der Waals surface area (Å²) in [4.78, 5) is 23.6. The Hall–Kier alpha value is -3.41. The molecule has 0 unspecified atom stereocenters. The fourth-order valence-electron chi connectivity index (χ4n) is 3.46. The lowest BCUT2D eigenvalue weighted by Gasteiger charge is -2.17. The van der Waals surface area contributed by atoms with E-state index in [-0.39, 0.29) is 5.91 Å². The first-order valence-corrected chi connectivity index (χ1v) is 9.92. The minimum absolute atomic E-state index is 0.259. The molecule has 2 heterocycles. The second-order valence-corrected chi connectivity index (χ2v) is 7.40. The Labute approximate surface area is 171 Å². The van der Waals surface area contributed by atoms with Gasteiger partial charge in [0.15, 0.2) is 0 Å². The maximum Gasteiger partial charge on any atom is 0.274 e. The highest BCUT2D eigenvalue weighted by atomic mass is 16.1. The summed E-state index contributed by atoms with van der Waals surface area (Å²) in [5.74, 6) is 0.140. The number of hydrogen-bond donors (Lipinski definition) is 2. The van der Waals surface area contributed by atoms with Crippen LogP contribution < -0.4 is 15.5 Å². The number of nitrogens with zero attached hydrogens (tertiary/aromatic N) is 3. The predicted molar refractivity (Wildman–Crippen MR) is 117 cm³/mol. The molecule has 2 aromatic carbocycles. The third-order valence-electron chi connectivity index (χ3n) is 5.12. The molecular formula is C23H25N5O. The molecule has 3 aromatic rings. The van der Waals surface area contributed by atoms with Crippen LogP contribution in [0.5, 0.6) is 0 Å². The molecule has 2 N–H and O–H groups in total. The predicted octanol–water partition coefficient (Wildman–Crippen LogP) is 4.69. The summed E-state index contributed by atoms with van der Waals surface area (Å²) in [5, 5.41) is 6.12. The van der Waals surface area contributed by atoms with E-state index in [9.17, 15) is 4.79 Å². The van der Waals surface area contributed by atoms with E-state index in [4.69, 9.17) is 0 Å². The summed E-state index contributed by atoms with van der Waals surface area (Å²) in [5.41, 5.74) is 5.43. The molecule has 1 amide bonds. The van der Waals surface area contributed by atoms with Crippen molar-refractivity contribution in [2.24, 2.45) is 0 Å². The van der Waals surface area contributed by atoms with Crippen molar-refractivity contribution in [3.8, 4) is 0 Å². The quantitative estimate of drug-likeness (QED) is 0.665. The van der Waals surface area contributed by atoms with Gasteiger partial charge in [-0.25, -0.2) is 9.97 Å². The minimum Gasteiger partial charge on any atom is -0.372 e. The molecule has 0 atom stereocenters. The Balaban J connectivity index is 1.45. The standard InChI is InChI=1S/C23H25N5O/c1-16-5-6-17(2)21(15-16)27-23-24-12-11-20(26-23)22(29)25-18-7-9-19(10-8-18)28-13-3-4-14-28/h5-12,15H,3-4,13-14H2,1-2H3,(H,25,29)(H,24,26,27). The van der Waals surface area contributed by atoms with Gasteiger partial charge in [-0.3, -0.25) is 4.79 Å². The Morgan fingerprint density at radius 3 is 2.52 bits per heavy atom. The van der Waals surface area contributed by atoms with Crippen LogP contribution in [0.15, 0.2) is 54.7 Å². The van der Waals surface area contributed by atoms with E-state index < -0.39 is 0 Å². The number of aryl methyl sites for hydroxylation is 2. The molecule has 148 valence electrons. The van der Waals surface area contributed by atoms with Crippen LogP contribution in [0.1, 0.15) is 34.5 Å². The Kier molecular flexibility index (Phi) is 5.42. The normalized spacial score (nSPS) is 13.4. The number of carbonyl (C=O) groups excluding carboxylic acids is 1. The lowest BCUT2D eigenvalue weighted by atomic mass is 10.1. The largest absolute Gasteiger partial charge is 0.372 e. The summed E-state index contributed by atoms with van der Waals surface area (Å²) in [6, 6.07) is 15.7. The van der Waals surface area contributed by atoms with Crippen LogP contribution in [0.3, 0.4) is 0 Å². The van der Waals surface area contributed by atoms with Crippen LogP contribution in [0, 0.1) is 13.8 Å². The molecule has 0 spiro atoms. The summed E-state index contributed by atoms with van der Waals surface area (Å²) in [6.07, 6.45) is 4.07. The Bertz CT molecular complexity index is 1010. The van der Waals surface area contributed by atoms with E-state index in [0.717, 1.165) is 35.6 Å². The molecule has 1 aromatic heterocycles. The maximum absolute atomic E-state index is 12.6. The summed E-state index contributed by atoms with van der Waals surface area (Å²) in [7, 11) is 0. The van der Waals surface area contributed by atoms with Crippen LogP contribution in [0.4, 0.5) is 23.0 Å². The number of anilines is 4. The van der Waals surface area contributed by atoms with Gasteiger partial charge in [-0.1, -0.05) is 12.1 Å². The molecule has 4 rings (SSSR count). The van der Waals surface area contributed by atoms with Gasteiger partial charge in [-0.2, -0.15) is 0 Å². The summed E-state index contributed by atoms with van der Waals surface area (Å²) in [6.45, 7) is 6.25. The molecular weight excluding hydrogens is 362 g/mol. The van der Waals surface area contributed by atoms with Crippen molar-refractivity contribution in [3.05, 3.63) is 71.5 Å². The first-order valence-electron chi connectivity index (χ1n) is 9.92. The van der Waals surface area contributed by atoms with Crippen LogP contribution in [0.2, 0.25) is 0 Å². The molecule has 1 saturated heterocycles. The van der Waals surface area contributed by atoms with Gasteiger partial charge >= 0.3 is 0 Å². The number of rotatable bonds is 5. The van der Waals surface area contributed by atoms with Crippen molar-refractivity contribution < 1.29 is 4.79 Å². The monoisotopic (exact) mass is 387 g/mol. The van der Waals surface area contributed by atoms with Gasteiger partial charge in [0.05, 0.1) is 0 Å². The highest BCUT2D eigenvalue weighted by molar-refractivity contribution is 6.03. The zero-order valence-corrected chi connectivity index (χ0v) is 16.8. The van der Waals surface area contributed by atoms with E-state index in [2.05, 4.69) is 43.7 Å². The minimum atomic E-state index is -0.259. The topological polar surface area (TPSA) is 70.2 Å². The number of aromatic nitrogens is 2. The van der Waals surface area contributed by atoms with E-state index in [1.807, 2.05) is 38.1 Å². The van der Waals surface area contributed by atoms with Crippen LogP contribution in [-0.4, -0.2) is 29.0 Å². The fraction of sp³-hybridized carbons (Fsp3) is 0.261. The van der Waals surface area contributed by atoms with Crippen molar-refractivity contribution in [2.45, 2.75) is 26.7 Å². The van der Waals surface area contributed by atoms with E-state index >= 15 is 0 Å². The third-order valence-corrected chi connectivity index (χ3v) is 5.12. The molecule has 6 heteroatoms. The van der Waals surface area contributed by atoms with Crippen molar-refractivity contribution in [1.82, 2.24) is 9.97 Å². The fourth-order valence-corrected chi connectivity index (χ4v) is 3.46. The number of carbonyl (C=O) groups is 1. The molecule has 1 aliphatic heterocycles. The van der Waals surface area contributed by atoms with Crippen LogP contribution in [0.25, 0.3) is 0 Å². The van der Waals surface area contributed by atoms with E-state index in [1.165, 1.54) is 18.5 Å². The molecule has 0 saturated carbocycles. The third kappa shape index (κ3) is 4.54. The average molecular weight is 387 g/mol. The second kappa shape index (κ2) is 8.31. The second-order valence-electron chi connectivity index (χ2n) is 7.40. The van der Waals surface area contributed by atoms with Gasteiger partial charge < -0.3 is 15.5 Å². The SMILES string of the molecule is Cc1ccc(C)c(Nc2nccc(C(=O)Nc3ccc(N4CCCC4)cc3)n2)c1. The molecule has 0 aliphatic carbocycles. The first-order chi connectivity index (χ1) is 14.1. The highest BCUT2D eigenvalue weighted by Crippen LogP contribution is 2.23. The van der Waals surface area contributed by atoms with E-state index in [0.29, 0.717) is 11.6 Å². The average Bonchev–Trinajstić information content (AvgIpc) is 3.26. The smallest absolute Gasteiger partial charge is 0.274 e. The Morgan fingerprint density at radius 2 is 1.76 bits per heavy atom. The molecule has 6 nitrogen and oxygen atoms in total. The molecule has 0 bridgehead atoms. The van der Waals surface area contributed by atoms with Crippen molar-refractivity contribution in [1.29, 1.82) is 0 Å². The van der Waals surface area contributed by atoms with Gasteiger partial charge in [0, 0.05) is 36.3 Å². The molecule has 0 radical (unpaired) electrons. The van der Waals surface area contributed by atoms with Gasteiger partial charge in [0.2, 0.25) is 5.95 Å².